The number of para-hydroxylation sites is 2. The van der Waals surface area contributed by atoms with Gasteiger partial charge in [0.1, 0.15) is 0 Å². The third-order valence-corrected chi connectivity index (χ3v) is 18.8. The van der Waals surface area contributed by atoms with Gasteiger partial charge in [0.15, 0.2) is 0 Å². The van der Waals surface area contributed by atoms with Crippen molar-refractivity contribution < 1.29 is 28.2 Å². The number of aromatic nitrogens is 4. The van der Waals surface area contributed by atoms with E-state index in [0.29, 0.717) is 28.4 Å². The van der Waals surface area contributed by atoms with E-state index in [1.807, 2.05) is 42.1 Å². The van der Waals surface area contributed by atoms with Crippen LogP contribution in [0.2, 0.25) is 0 Å². The van der Waals surface area contributed by atoms with E-state index in [-0.39, 0.29) is 21.8 Å². The molecule has 4 heterocycles. The van der Waals surface area contributed by atoms with E-state index in [4.69, 9.17) is 13.8 Å². The topological polar surface area (TPSA) is 36.9 Å². The van der Waals surface area contributed by atoms with Gasteiger partial charge in [0.2, 0.25) is 0 Å². The van der Waals surface area contributed by atoms with Gasteiger partial charge < -0.3 is 0 Å². The van der Waals surface area contributed by atoms with Gasteiger partial charge in [-0.1, -0.05) is 117 Å². The van der Waals surface area contributed by atoms with Gasteiger partial charge in [0.05, 0.1) is 5.41 Å². The molecule has 3 aromatic heterocycles. The first kappa shape index (κ1) is 48.0. The summed E-state index contributed by atoms with van der Waals surface area (Å²) in [6.45, 7) is 17.7. The fraction of sp³-hybridized carbons (Fsp3) is 0.189. The maximum atomic E-state index is 9.06. The Morgan fingerprint density at radius 2 is 1.12 bits per heavy atom. The minimum absolute atomic E-state index is 0.0567. The van der Waals surface area contributed by atoms with Crippen molar-refractivity contribution in [3.05, 3.63) is 255 Å². The van der Waals surface area contributed by atoms with Crippen LogP contribution in [0.1, 0.15) is 111 Å². The van der Waals surface area contributed by atoms with E-state index < -0.39 is 12.3 Å². The van der Waals surface area contributed by atoms with Gasteiger partial charge in [0, 0.05) is 25.7 Å². The SMILES string of the molecule is [2H]C([2H])([2H])c1cc(-n2c3[c-]c(Oc4[c-]c(-n5[c](=[Pt])n(-c6cc(C(C)(C)C)cc(C(C)(C)C)c6)c6ccccc65)ccc4)ccc3c3cc4c(cc32)C2(c3ccccc3Sc3ccccc32)c2ccccc2-4)ncc1-c1ccc(C(C)(C)C)cc1. The Kier molecular flexibility index (Phi) is 11.0. The number of imidazole rings is 1. The number of benzene rings is 9. The molecule has 2 aliphatic rings. The average molecular weight is 1250 g/mol. The van der Waals surface area contributed by atoms with Gasteiger partial charge in [0.25, 0.3) is 0 Å². The number of rotatable bonds is 6. The zero-order valence-electron chi connectivity index (χ0n) is 49.9. The second-order valence-corrected chi connectivity index (χ2v) is 26.9. The van der Waals surface area contributed by atoms with Crippen LogP contribution < -0.4 is 4.74 Å². The Bertz CT molecular complexity index is 4680. The molecule has 0 bridgehead atoms. The fourth-order valence-corrected chi connectivity index (χ4v) is 14.8. The second-order valence-electron chi connectivity index (χ2n) is 24.8. The minimum Gasteiger partial charge on any atom is -0.0894 e. The number of pyridine rings is 1. The molecule has 7 heteroatoms. The molecule has 0 N–H and O–H groups in total. The van der Waals surface area contributed by atoms with Crippen molar-refractivity contribution in [2.75, 3.05) is 0 Å². The van der Waals surface area contributed by atoms with Crippen LogP contribution in [0.4, 0.5) is 0 Å². The summed E-state index contributed by atoms with van der Waals surface area (Å²) in [6, 6.07) is 74.2. The van der Waals surface area contributed by atoms with E-state index in [9.17, 15) is 0 Å². The number of ether oxygens (including phenoxy) is 1. The number of hydrogen-bond acceptors (Lipinski definition) is 3. The van der Waals surface area contributed by atoms with Crippen molar-refractivity contribution in [2.24, 2.45) is 0 Å². The summed E-state index contributed by atoms with van der Waals surface area (Å²) in [5.74, 6) is 1.46. The normalized spacial score (nSPS) is 14.4. The molecule has 5 nitrogen and oxygen atoms in total. The van der Waals surface area contributed by atoms with Gasteiger partial charge in [-0.05, 0) is 74.5 Å². The van der Waals surface area contributed by atoms with Crippen LogP contribution in [-0.2, 0) is 41.0 Å². The Hall–Kier alpha value is -7.76. The van der Waals surface area contributed by atoms with Crippen LogP contribution >= 0.6 is 11.8 Å². The molecule has 0 atom stereocenters. The summed E-state index contributed by atoms with van der Waals surface area (Å²) in [4.78, 5) is 7.66. The Morgan fingerprint density at radius 1 is 0.506 bits per heavy atom. The molecule has 1 spiro atoms. The molecule has 1 aliphatic carbocycles. The van der Waals surface area contributed by atoms with Crippen LogP contribution in [0.3, 0.4) is 0 Å². The monoisotopic (exact) mass is 1250 g/mol. The van der Waals surface area contributed by atoms with Crippen molar-refractivity contribution in [3.8, 4) is 50.9 Å². The maximum absolute atomic E-state index is 9.06. The predicted molar refractivity (Wildman–Crippen MR) is 330 cm³/mol. The molecule has 0 amide bonds. The molecule has 0 radical (unpaired) electrons. The van der Waals surface area contributed by atoms with E-state index in [1.54, 1.807) is 12.3 Å². The quantitative estimate of drug-likeness (QED) is 0.156. The fourth-order valence-electron chi connectivity index (χ4n) is 12.4. The zero-order chi connectivity index (χ0) is 58.4. The van der Waals surface area contributed by atoms with E-state index in [1.165, 1.54) is 43.2 Å². The molecule has 14 rings (SSSR count). The minimum atomic E-state index is -2.47. The molecule has 1 aliphatic heterocycles. The number of nitrogens with zero attached hydrogens (tertiary/aromatic N) is 4. The van der Waals surface area contributed by atoms with Gasteiger partial charge in [-0.3, -0.25) is 0 Å². The predicted octanol–water partition coefficient (Wildman–Crippen LogP) is 19.1. The molecule has 81 heavy (non-hydrogen) atoms. The van der Waals surface area contributed by atoms with E-state index in [2.05, 4.69) is 259 Å². The molecule has 0 fully saturated rings. The zero-order valence-corrected chi connectivity index (χ0v) is 50.0. The van der Waals surface area contributed by atoms with Crippen LogP contribution in [0.25, 0.3) is 72.3 Å². The molecular weight excluding hydrogens is 1190 g/mol. The summed E-state index contributed by atoms with van der Waals surface area (Å²) in [7, 11) is 0. The van der Waals surface area contributed by atoms with Crippen molar-refractivity contribution in [1.29, 1.82) is 0 Å². The van der Waals surface area contributed by atoms with Crippen molar-refractivity contribution in [2.45, 2.75) is 101 Å². The van der Waals surface area contributed by atoms with Gasteiger partial charge in [-0.25, -0.2) is 0 Å². The number of hydrogen-bond donors (Lipinski definition) is 0. The molecule has 0 saturated carbocycles. The molecule has 0 unspecified atom stereocenters. The van der Waals surface area contributed by atoms with Gasteiger partial charge >= 0.3 is 275 Å². The first-order valence-corrected chi connectivity index (χ1v) is 29.7. The number of aryl methyl sites for hydroxylation is 1. The summed E-state index contributed by atoms with van der Waals surface area (Å²) in [6.07, 6.45) is 1.73. The van der Waals surface area contributed by atoms with Crippen molar-refractivity contribution in [1.82, 2.24) is 18.7 Å². The van der Waals surface area contributed by atoms with Gasteiger partial charge in [-0.2, -0.15) is 0 Å². The molecule has 12 aromatic rings. The summed E-state index contributed by atoms with van der Waals surface area (Å²) >= 11 is 4.28. The average Bonchev–Trinajstić information content (AvgIpc) is 1.52. The summed E-state index contributed by atoms with van der Waals surface area (Å²) in [5, 5.41) is 1.92. The van der Waals surface area contributed by atoms with Crippen LogP contribution in [0.5, 0.6) is 11.5 Å². The Morgan fingerprint density at radius 3 is 1.79 bits per heavy atom. The van der Waals surface area contributed by atoms with Crippen LogP contribution in [0, 0.1) is 22.8 Å². The summed E-state index contributed by atoms with van der Waals surface area (Å²) in [5.41, 5.74) is 17.3. The van der Waals surface area contributed by atoms with Crippen LogP contribution in [-0.4, -0.2) is 18.7 Å². The summed E-state index contributed by atoms with van der Waals surface area (Å²) < 4.78 is 41.8. The third kappa shape index (κ3) is 8.22. The first-order chi connectivity index (χ1) is 40.1. The smallest absolute Gasteiger partial charge is 0.0894 e. The second kappa shape index (κ2) is 18.6. The van der Waals surface area contributed by atoms with Gasteiger partial charge in [-0.15, -0.1) is 0 Å². The van der Waals surface area contributed by atoms with E-state index in [0.717, 1.165) is 64.8 Å². The molecular formula is C74H62N4OPtS-2. The molecule has 0 saturated heterocycles. The van der Waals surface area contributed by atoms with Crippen molar-refractivity contribution in [3.63, 3.8) is 0 Å². The standard InChI is InChI=1S/C74H62N4OS.Pt/c1-46-36-70(75-44-59(46)47-30-32-48(33-31-47)71(2,3)4)78-66-41-54(79-53-21-19-20-51(40-53)76-45-77(65-27-16-15-26-64(65)76)52-38-49(72(5,6)7)37-50(39-52)73(8,9)10)34-35-56(66)58-42-57-55-22-11-12-23-60(55)74(63(57)43-67(58)78)61-24-13-17-28-68(61)80-69-29-18-14-25-62(69)74;/h11-39,42-44H,1-10H3;/q-2;/i1D3;. The Balaban J connectivity index is 0.963. The first-order valence-electron chi connectivity index (χ1n) is 29.3. The number of fused-ring (bicyclic) bond motifs is 13. The van der Waals surface area contributed by atoms with Crippen LogP contribution in [0.15, 0.2) is 204 Å². The Labute approximate surface area is 494 Å². The van der Waals surface area contributed by atoms with E-state index >= 15 is 0 Å². The van der Waals surface area contributed by atoms with Crippen molar-refractivity contribution >= 4 is 44.6 Å². The third-order valence-electron chi connectivity index (χ3n) is 16.6. The molecule has 9 aromatic carbocycles. The molecule has 402 valence electrons.